The SMILES string of the molecule is O=C(c1cccc(-n2cccn2)c1)N(CC=Cc1ccccc1)CCO. The number of aromatic nitrogens is 2. The Morgan fingerprint density at radius 1 is 1.12 bits per heavy atom. The van der Waals surface area contributed by atoms with Crippen molar-refractivity contribution in [3.8, 4) is 5.69 Å². The Balaban J connectivity index is 1.74. The van der Waals surface area contributed by atoms with Gasteiger partial charge in [-0.1, -0.05) is 48.6 Å². The first kappa shape index (κ1) is 17.6. The summed E-state index contributed by atoms with van der Waals surface area (Å²) in [6.45, 7) is 0.633. The molecule has 26 heavy (non-hydrogen) atoms. The molecule has 0 aliphatic carbocycles. The molecule has 0 aliphatic rings. The fourth-order valence-corrected chi connectivity index (χ4v) is 2.66. The van der Waals surface area contributed by atoms with Crippen LogP contribution in [0.15, 0.2) is 79.1 Å². The van der Waals surface area contributed by atoms with Crippen LogP contribution in [0.2, 0.25) is 0 Å². The molecule has 3 aromatic rings. The lowest BCUT2D eigenvalue weighted by molar-refractivity contribution is 0.0743. The first-order chi connectivity index (χ1) is 12.8. The van der Waals surface area contributed by atoms with Gasteiger partial charge in [0.25, 0.3) is 5.91 Å². The fraction of sp³-hybridized carbons (Fsp3) is 0.143. The number of nitrogens with zero attached hydrogens (tertiary/aromatic N) is 3. The molecule has 5 heteroatoms. The lowest BCUT2D eigenvalue weighted by atomic mass is 10.1. The van der Waals surface area contributed by atoms with Crippen LogP contribution in [0.3, 0.4) is 0 Å². The number of aliphatic hydroxyl groups excluding tert-OH is 1. The van der Waals surface area contributed by atoms with Gasteiger partial charge in [-0.25, -0.2) is 4.68 Å². The Morgan fingerprint density at radius 3 is 2.69 bits per heavy atom. The minimum atomic E-state index is -0.120. The van der Waals surface area contributed by atoms with Crippen LogP contribution < -0.4 is 0 Å². The number of amides is 1. The van der Waals surface area contributed by atoms with E-state index in [0.717, 1.165) is 11.3 Å². The highest BCUT2D eigenvalue weighted by molar-refractivity contribution is 5.95. The van der Waals surface area contributed by atoms with Crippen LogP contribution >= 0.6 is 0 Å². The molecule has 132 valence electrons. The van der Waals surface area contributed by atoms with Crippen molar-refractivity contribution in [2.24, 2.45) is 0 Å². The molecular formula is C21H21N3O2. The third kappa shape index (κ3) is 4.46. The van der Waals surface area contributed by atoms with Crippen molar-refractivity contribution < 1.29 is 9.90 Å². The molecule has 3 rings (SSSR count). The highest BCUT2D eigenvalue weighted by atomic mass is 16.3. The molecule has 0 unspecified atom stereocenters. The third-order valence-electron chi connectivity index (χ3n) is 3.95. The summed E-state index contributed by atoms with van der Waals surface area (Å²) in [5.41, 5.74) is 2.47. The Hall–Kier alpha value is -3.18. The van der Waals surface area contributed by atoms with E-state index in [0.29, 0.717) is 12.1 Å². The van der Waals surface area contributed by atoms with Crippen LogP contribution in [0.25, 0.3) is 11.8 Å². The second kappa shape index (κ2) is 8.78. The summed E-state index contributed by atoms with van der Waals surface area (Å²) in [6, 6.07) is 19.1. The molecule has 0 spiro atoms. The second-order valence-electron chi connectivity index (χ2n) is 5.79. The van der Waals surface area contributed by atoms with E-state index >= 15 is 0 Å². The van der Waals surface area contributed by atoms with Crippen LogP contribution in [-0.4, -0.2) is 45.4 Å². The first-order valence-electron chi connectivity index (χ1n) is 8.50. The molecule has 0 saturated heterocycles. The zero-order chi connectivity index (χ0) is 18.2. The minimum Gasteiger partial charge on any atom is -0.395 e. The zero-order valence-electron chi connectivity index (χ0n) is 14.4. The molecule has 0 saturated carbocycles. The van der Waals surface area contributed by atoms with Crippen molar-refractivity contribution in [3.63, 3.8) is 0 Å². The average Bonchev–Trinajstić information content (AvgIpc) is 3.23. The van der Waals surface area contributed by atoms with Crippen LogP contribution in [-0.2, 0) is 0 Å². The minimum absolute atomic E-state index is 0.0796. The lowest BCUT2D eigenvalue weighted by Gasteiger charge is -2.20. The van der Waals surface area contributed by atoms with E-state index in [1.165, 1.54) is 0 Å². The summed E-state index contributed by atoms with van der Waals surface area (Å²) in [5.74, 6) is -0.120. The van der Waals surface area contributed by atoms with E-state index < -0.39 is 0 Å². The number of hydrogen-bond donors (Lipinski definition) is 1. The number of rotatable bonds is 7. The molecule has 1 amide bonds. The van der Waals surface area contributed by atoms with E-state index in [4.69, 9.17) is 0 Å². The molecule has 0 fully saturated rings. The average molecular weight is 347 g/mol. The van der Waals surface area contributed by atoms with Crippen molar-refractivity contribution in [2.75, 3.05) is 19.7 Å². The maximum absolute atomic E-state index is 12.9. The molecule has 0 aliphatic heterocycles. The molecule has 1 heterocycles. The Morgan fingerprint density at radius 2 is 1.96 bits per heavy atom. The van der Waals surface area contributed by atoms with Crippen LogP contribution in [0.1, 0.15) is 15.9 Å². The summed E-state index contributed by atoms with van der Waals surface area (Å²) >= 11 is 0. The van der Waals surface area contributed by atoms with Gasteiger partial charge in [-0.2, -0.15) is 5.10 Å². The molecule has 0 bridgehead atoms. The van der Waals surface area contributed by atoms with Gasteiger partial charge in [0.05, 0.1) is 12.3 Å². The molecule has 0 atom stereocenters. The van der Waals surface area contributed by atoms with Crippen molar-refractivity contribution in [1.82, 2.24) is 14.7 Å². The summed E-state index contributed by atoms with van der Waals surface area (Å²) in [4.78, 5) is 14.5. The monoisotopic (exact) mass is 347 g/mol. The van der Waals surface area contributed by atoms with Crippen molar-refractivity contribution in [2.45, 2.75) is 0 Å². The van der Waals surface area contributed by atoms with Crippen molar-refractivity contribution in [1.29, 1.82) is 0 Å². The maximum Gasteiger partial charge on any atom is 0.254 e. The van der Waals surface area contributed by atoms with Crippen molar-refractivity contribution >= 4 is 12.0 Å². The summed E-state index contributed by atoms with van der Waals surface area (Å²) in [5, 5.41) is 13.5. The van der Waals surface area contributed by atoms with Crippen molar-refractivity contribution in [3.05, 3.63) is 90.3 Å². The van der Waals surface area contributed by atoms with Crippen LogP contribution in [0, 0.1) is 0 Å². The lowest BCUT2D eigenvalue weighted by Crippen LogP contribution is -2.33. The van der Waals surface area contributed by atoms with Gasteiger partial charge in [0.1, 0.15) is 0 Å². The second-order valence-corrected chi connectivity index (χ2v) is 5.79. The van der Waals surface area contributed by atoms with Gasteiger partial charge >= 0.3 is 0 Å². The van der Waals surface area contributed by atoms with E-state index in [2.05, 4.69) is 5.10 Å². The molecule has 5 nitrogen and oxygen atoms in total. The van der Waals surface area contributed by atoms with Crippen LogP contribution in [0.4, 0.5) is 0 Å². The van der Waals surface area contributed by atoms with Gasteiger partial charge in [-0.15, -0.1) is 0 Å². The summed E-state index contributed by atoms with van der Waals surface area (Å²) in [6.07, 6.45) is 7.43. The van der Waals surface area contributed by atoms with E-state index in [1.807, 2.05) is 66.9 Å². The van der Waals surface area contributed by atoms with Gasteiger partial charge in [0.15, 0.2) is 0 Å². The number of hydrogen-bond acceptors (Lipinski definition) is 3. The maximum atomic E-state index is 12.9. The highest BCUT2D eigenvalue weighted by Gasteiger charge is 2.15. The predicted octanol–water partition coefficient (Wildman–Crippen LogP) is 3.02. The van der Waals surface area contributed by atoms with Gasteiger partial charge < -0.3 is 10.0 Å². The molecule has 2 aromatic carbocycles. The largest absolute Gasteiger partial charge is 0.395 e. The van der Waals surface area contributed by atoms with Gasteiger partial charge in [-0.05, 0) is 29.8 Å². The van der Waals surface area contributed by atoms with Crippen LogP contribution in [0.5, 0.6) is 0 Å². The van der Waals surface area contributed by atoms with Gasteiger partial charge in [0.2, 0.25) is 0 Å². The standard InChI is InChI=1S/C21H21N3O2/c25-16-15-23(13-5-9-18-7-2-1-3-8-18)21(26)19-10-4-11-20(17-19)24-14-6-12-22-24/h1-12,14,17,25H,13,15-16H2. The number of benzene rings is 2. The van der Waals surface area contributed by atoms with E-state index in [-0.39, 0.29) is 19.1 Å². The zero-order valence-corrected chi connectivity index (χ0v) is 14.4. The molecule has 1 aromatic heterocycles. The number of carbonyl (C=O) groups is 1. The fourth-order valence-electron chi connectivity index (χ4n) is 2.66. The number of aliphatic hydroxyl groups is 1. The quantitative estimate of drug-likeness (QED) is 0.715. The Kier molecular flexibility index (Phi) is 5.96. The van der Waals surface area contributed by atoms with Gasteiger partial charge in [-0.3, -0.25) is 4.79 Å². The third-order valence-corrected chi connectivity index (χ3v) is 3.95. The van der Waals surface area contributed by atoms with Gasteiger partial charge in [0, 0.05) is 31.0 Å². The molecule has 1 N–H and O–H groups in total. The molecular weight excluding hydrogens is 326 g/mol. The molecule has 0 radical (unpaired) electrons. The highest BCUT2D eigenvalue weighted by Crippen LogP contribution is 2.12. The normalized spacial score (nSPS) is 11.0. The topological polar surface area (TPSA) is 58.4 Å². The number of carbonyl (C=O) groups excluding carboxylic acids is 1. The Bertz CT molecular complexity index is 858. The Labute approximate surface area is 152 Å². The van der Waals surface area contributed by atoms with E-state index in [9.17, 15) is 9.90 Å². The smallest absolute Gasteiger partial charge is 0.254 e. The first-order valence-corrected chi connectivity index (χ1v) is 8.50. The summed E-state index contributed by atoms with van der Waals surface area (Å²) in [7, 11) is 0. The van der Waals surface area contributed by atoms with E-state index in [1.54, 1.807) is 27.9 Å². The predicted molar refractivity (Wildman–Crippen MR) is 102 cm³/mol. The summed E-state index contributed by atoms with van der Waals surface area (Å²) < 4.78 is 1.71.